The number of ether oxygens (including phenoxy) is 3. The van der Waals surface area contributed by atoms with E-state index in [0.29, 0.717) is 12.2 Å². The molecule has 2 aromatic rings. The summed E-state index contributed by atoms with van der Waals surface area (Å²) < 4.78 is 15.3. The average molecular weight is 376 g/mol. The van der Waals surface area contributed by atoms with Crippen LogP contribution >= 0.6 is 0 Å². The summed E-state index contributed by atoms with van der Waals surface area (Å²) in [6, 6.07) is 9.06. The van der Waals surface area contributed by atoms with Crippen LogP contribution in [0.4, 0.5) is 0 Å². The van der Waals surface area contributed by atoms with E-state index in [1.807, 2.05) is 12.2 Å². The van der Waals surface area contributed by atoms with E-state index in [0.717, 1.165) is 5.56 Å². The van der Waals surface area contributed by atoms with Gasteiger partial charge in [0.15, 0.2) is 23.0 Å². The van der Waals surface area contributed by atoms with E-state index >= 15 is 0 Å². The van der Waals surface area contributed by atoms with Crippen LogP contribution in [0.2, 0.25) is 0 Å². The van der Waals surface area contributed by atoms with Crippen molar-refractivity contribution in [3.05, 3.63) is 53.6 Å². The maximum Gasteiger partial charge on any atom is 0.169 e. The topological polar surface area (TPSA) is 109 Å². The number of rotatable bonds is 9. The molecule has 2 atom stereocenters. The zero-order valence-corrected chi connectivity index (χ0v) is 15.2. The maximum absolute atomic E-state index is 10.2. The fourth-order valence-corrected chi connectivity index (χ4v) is 2.40. The summed E-state index contributed by atoms with van der Waals surface area (Å²) >= 11 is 0. The summed E-state index contributed by atoms with van der Waals surface area (Å²) in [5.41, 5.74) is 1.10. The zero-order valence-electron chi connectivity index (χ0n) is 15.2. The second kappa shape index (κ2) is 9.94. The number of hydrogen-bond acceptors (Lipinski definition) is 7. The number of aromatic hydroxyl groups is 2. The zero-order chi connectivity index (χ0) is 19.8. The molecule has 0 saturated carbocycles. The molecule has 0 aliphatic rings. The highest BCUT2D eigenvalue weighted by Gasteiger charge is 2.20. The van der Waals surface area contributed by atoms with Gasteiger partial charge in [-0.3, -0.25) is 0 Å². The number of aliphatic hydroxyl groups excluding tert-OH is 2. The highest BCUT2D eigenvalue weighted by Crippen LogP contribution is 2.37. The molecule has 0 bridgehead atoms. The van der Waals surface area contributed by atoms with Crippen molar-refractivity contribution in [3.8, 4) is 23.0 Å². The second-order valence-corrected chi connectivity index (χ2v) is 5.88. The van der Waals surface area contributed by atoms with Gasteiger partial charge in [0.2, 0.25) is 0 Å². The predicted octanol–water partition coefficient (Wildman–Crippen LogP) is 2.59. The van der Waals surface area contributed by atoms with E-state index in [1.54, 1.807) is 19.2 Å². The van der Waals surface area contributed by atoms with Crippen LogP contribution in [0.1, 0.15) is 17.2 Å². The summed E-state index contributed by atoms with van der Waals surface area (Å²) in [4.78, 5) is 0. The van der Waals surface area contributed by atoms with Gasteiger partial charge >= 0.3 is 0 Å². The average Bonchev–Trinajstić information content (AvgIpc) is 2.65. The second-order valence-electron chi connectivity index (χ2n) is 5.88. The molecule has 2 aromatic carbocycles. The lowest BCUT2D eigenvalue weighted by Crippen LogP contribution is -2.23. The summed E-state index contributed by atoms with van der Waals surface area (Å²) in [6.07, 6.45) is 1.29. The minimum absolute atomic E-state index is 0.0442. The van der Waals surface area contributed by atoms with Crippen molar-refractivity contribution in [2.75, 3.05) is 27.4 Å². The molecule has 0 saturated heterocycles. The number of phenols is 2. The standard InChI is InChI=1S/C20H24O7/c1-25-9-3-4-13-5-7-15(21)19(10-13)27-18-8-6-14(11-16(18)22)20(24)17(23)12-26-2/h3-8,10-11,17,20-24H,9,12H2,1-2H3/b4-3+/t17-,20-/m1/s1. The molecule has 0 spiro atoms. The fraction of sp³-hybridized carbons (Fsp3) is 0.300. The van der Waals surface area contributed by atoms with Gasteiger partial charge in [-0.25, -0.2) is 0 Å². The molecule has 4 N–H and O–H groups in total. The van der Waals surface area contributed by atoms with E-state index in [1.165, 1.54) is 31.4 Å². The van der Waals surface area contributed by atoms with Gasteiger partial charge in [0, 0.05) is 14.2 Å². The minimum Gasteiger partial charge on any atom is -0.504 e. The Bertz CT molecular complexity index is 773. The van der Waals surface area contributed by atoms with Crippen LogP contribution in [0.25, 0.3) is 6.08 Å². The normalized spacial score (nSPS) is 13.6. The van der Waals surface area contributed by atoms with Gasteiger partial charge < -0.3 is 34.6 Å². The van der Waals surface area contributed by atoms with Gasteiger partial charge in [-0.05, 0) is 35.4 Å². The monoisotopic (exact) mass is 376 g/mol. The Hall–Kier alpha value is -2.58. The SMILES string of the molecule is COC/C=C/c1ccc(O)c(Oc2ccc([C@@H](O)[C@H](O)COC)cc2O)c1. The molecule has 7 heteroatoms. The van der Waals surface area contributed by atoms with Crippen LogP contribution in [0.15, 0.2) is 42.5 Å². The van der Waals surface area contributed by atoms with Gasteiger partial charge in [-0.1, -0.05) is 24.3 Å². The van der Waals surface area contributed by atoms with Crippen LogP contribution < -0.4 is 4.74 Å². The lowest BCUT2D eigenvalue weighted by Gasteiger charge is -2.18. The molecule has 2 rings (SSSR count). The quantitative estimate of drug-likeness (QED) is 0.533. The van der Waals surface area contributed by atoms with Crippen LogP contribution in [0, 0.1) is 0 Å². The van der Waals surface area contributed by atoms with Gasteiger partial charge in [-0.2, -0.15) is 0 Å². The smallest absolute Gasteiger partial charge is 0.169 e. The fourth-order valence-electron chi connectivity index (χ4n) is 2.40. The first-order chi connectivity index (χ1) is 13.0. The molecule has 0 unspecified atom stereocenters. The third-order valence-electron chi connectivity index (χ3n) is 3.80. The lowest BCUT2D eigenvalue weighted by molar-refractivity contribution is -0.0273. The first kappa shape index (κ1) is 20.7. The minimum atomic E-state index is -1.22. The molecule has 0 amide bonds. The third-order valence-corrected chi connectivity index (χ3v) is 3.80. The Morgan fingerprint density at radius 3 is 2.37 bits per heavy atom. The molecule has 7 nitrogen and oxygen atoms in total. The van der Waals surface area contributed by atoms with E-state index in [4.69, 9.17) is 14.2 Å². The number of hydrogen-bond donors (Lipinski definition) is 4. The number of aliphatic hydroxyl groups is 2. The van der Waals surface area contributed by atoms with Crippen molar-refractivity contribution in [2.45, 2.75) is 12.2 Å². The molecule has 0 radical (unpaired) electrons. The van der Waals surface area contributed by atoms with Crippen molar-refractivity contribution >= 4 is 6.08 Å². The van der Waals surface area contributed by atoms with E-state index < -0.39 is 12.2 Å². The molecule has 0 aliphatic heterocycles. The predicted molar refractivity (Wildman–Crippen MR) is 100 cm³/mol. The van der Waals surface area contributed by atoms with Crippen molar-refractivity contribution in [1.29, 1.82) is 0 Å². The lowest BCUT2D eigenvalue weighted by atomic mass is 10.0. The van der Waals surface area contributed by atoms with E-state index in [2.05, 4.69) is 0 Å². The molecule has 27 heavy (non-hydrogen) atoms. The molecule has 0 heterocycles. The van der Waals surface area contributed by atoms with Crippen molar-refractivity contribution in [3.63, 3.8) is 0 Å². The highest BCUT2D eigenvalue weighted by molar-refractivity contribution is 5.57. The summed E-state index contributed by atoms with van der Waals surface area (Å²) in [5, 5.41) is 40.0. The van der Waals surface area contributed by atoms with Crippen molar-refractivity contribution < 1.29 is 34.6 Å². The molecular weight excluding hydrogens is 352 g/mol. The van der Waals surface area contributed by atoms with Gasteiger partial charge in [0.1, 0.15) is 12.2 Å². The Morgan fingerprint density at radius 1 is 0.926 bits per heavy atom. The Kier molecular flexibility index (Phi) is 7.63. The van der Waals surface area contributed by atoms with Crippen molar-refractivity contribution in [1.82, 2.24) is 0 Å². The van der Waals surface area contributed by atoms with E-state index in [-0.39, 0.29) is 29.6 Å². The third kappa shape index (κ3) is 5.70. The number of phenolic OH excluding ortho intramolecular Hbond substituents is 2. The Balaban J connectivity index is 2.19. The van der Waals surface area contributed by atoms with E-state index in [9.17, 15) is 20.4 Å². The van der Waals surface area contributed by atoms with Gasteiger partial charge in [0.05, 0.1) is 13.2 Å². The maximum atomic E-state index is 10.2. The summed E-state index contributed by atoms with van der Waals surface area (Å²) in [7, 11) is 3.00. The summed E-state index contributed by atoms with van der Waals surface area (Å²) in [5.74, 6) is -0.0631. The number of benzene rings is 2. The number of methoxy groups -OCH3 is 2. The molecular formula is C20H24O7. The largest absolute Gasteiger partial charge is 0.504 e. The van der Waals surface area contributed by atoms with Crippen LogP contribution in [-0.2, 0) is 9.47 Å². The first-order valence-electron chi connectivity index (χ1n) is 8.30. The van der Waals surface area contributed by atoms with Gasteiger partial charge in [0.25, 0.3) is 0 Å². The molecule has 0 fully saturated rings. The van der Waals surface area contributed by atoms with Gasteiger partial charge in [-0.15, -0.1) is 0 Å². The Morgan fingerprint density at radius 2 is 1.70 bits per heavy atom. The molecule has 0 aliphatic carbocycles. The van der Waals surface area contributed by atoms with Crippen LogP contribution in [0.5, 0.6) is 23.0 Å². The molecule has 146 valence electrons. The Labute approximate surface area is 157 Å². The first-order valence-corrected chi connectivity index (χ1v) is 8.30. The van der Waals surface area contributed by atoms with Crippen LogP contribution in [0.3, 0.4) is 0 Å². The molecule has 0 aromatic heterocycles. The highest BCUT2D eigenvalue weighted by atomic mass is 16.5. The summed E-state index contributed by atoms with van der Waals surface area (Å²) in [6.45, 7) is 0.411. The van der Waals surface area contributed by atoms with Crippen LogP contribution in [-0.4, -0.2) is 54.0 Å². The van der Waals surface area contributed by atoms with Crippen molar-refractivity contribution in [2.24, 2.45) is 0 Å².